The molecule has 1 aliphatic rings. The predicted molar refractivity (Wildman–Crippen MR) is 69.6 cm³/mol. The van der Waals surface area contributed by atoms with Gasteiger partial charge < -0.3 is 5.73 Å². The molecule has 3 rings (SSSR count). The number of aromatic nitrogens is 1. The molecule has 1 aromatic heterocycles. The molecule has 0 unspecified atom stereocenters. The zero-order chi connectivity index (χ0) is 11.1. The summed E-state index contributed by atoms with van der Waals surface area (Å²) in [6, 6.07) is 10.3. The lowest BCUT2D eigenvalue weighted by molar-refractivity contribution is 1.10. The molecule has 2 aromatic rings. The Morgan fingerprint density at radius 1 is 1.31 bits per heavy atom. The molecule has 80 valence electrons. The number of nitrogens with zero attached hydrogens (tertiary/aromatic N) is 1. The summed E-state index contributed by atoms with van der Waals surface area (Å²) in [4.78, 5) is 4.98. The minimum Gasteiger partial charge on any atom is -0.388 e. The summed E-state index contributed by atoms with van der Waals surface area (Å²) in [5, 5.41) is 1.17. The quantitative estimate of drug-likeness (QED) is 0.803. The normalized spacial score (nSPS) is 15.2. The molecule has 16 heavy (non-hydrogen) atoms. The summed E-state index contributed by atoms with van der Waals surface area (Å²) in [6.07, 6.45) is 2.46. The van der Waals surface area contributed by atoms with Gasteiger partial charge in [0.25, 0.3) is 0 Å². The van der Waals surface area contributed by atoms with E-state index in [-0.39, 0.29) is 0 Å². The average molecular weight is 228 g/mol. The van der Waals surface area contributed by atoms with E-state index in [4.69, 9.17) is 18.0 Å². The summed E-state index contributed by atoms with van der Waals surface area (Å²) < 4.78 is 0. The third kappa shape index (κ3) is 1.57. The Balaban J connectivity index is 2.28. The lowest BCUT2D eigenvalue weighted by Crippen LogP contribution is -2.14. The summed E-state index contributed by atoms with van der Waals surface area (Å²) in [6.45, 7) is 0. The second-order valence-electron chi connectivity index (χ2n) is 4.26. The predicted octanol–water partition coefficient (Wildman–Crippen LogP) is 2.75. The number of pyridine rings is 1. The number of hydrogen-bond donors (Lipinski definition) is 1. The van der Waals surface area contributed by atoms with E-state index in [2.05, 4.69) is 17.1 Å². The molecule has 0 aliphatic heterocycles. The van der Waals surface area contributed by atoms with E-state index >= 15 is 0 Å². The minimum atomic E-state index is 0.410. The first-order chi connectivity index (χ1) is 7.75. The monoisotopic (exact) mass is 228 g/mol. The third-order valence-corrected chi connectivity index (χ3v) is 3.20. The molecule has 0 amide bonds. The van der Waals surface area contributed by atoms with Gasteiger partial charge in [0, 0.05) is 5.39 Å². The number of fused-ring (bicyclic) bond motifs is 1. The van der Waals surface area contributed by atoms with Crippen LogP contribution in [0.15, 0.2) is 30.3 Å². The SMILES string of the molecule is NC(=S)c1nc2ccccc2cc1C1CC1. The molecule has 1 aliphatic carbocycles. The molecule has 2 N–H and O–H groups in total. The van der Waals surface area contributed by atoms with Gasteiger partial charge in [-0.25, -0.2) is 4.98 Å². The number of para-hydroxylation sites is 1. The van der Waals surface area contributed by atoms with Crippen molar-refractivity contribution in [3.8, 4) is 0 Å². The van der Waals surface area contributed by atoms with E-state index in [0.717, 1.165) is 11.2 Å². The molecule has 0 saturated heterocycles. The van der Waals surface area contributed by atoms with Crippen LogP contribution in [0.5, 0.6) is 0 Å². The molecule has 1 heterocycles. The fourth-order valence-electron chi connectivity index (χ4n) is 2.04. The lowest BCUT2D eigenvalue weighted by atomic mass is 10.1. The van der Waals surface area contributed by atoms with E-state index in [1.54, 1.807) is 0 Å². The summed E-state index contributed by atoms with van der Waals surface area (Å²) in [7, 11) is 0. The number of hydrogen-bond acceptors (Lipinski definition) is 2. The van der Waals surface area contributed by atoms with Crippen molar-refractivity contribution in [3.63, 3.8) is 0 Å². The number of nitrogens with two attached hydrogens (primary N) is 1. The van der Waals surface area contributed by atoms with Crippen LogP contribution in [-0.2, 0) is 0 Å². The van der Waals surface area contributed by atoms with Gasteiger partial charge in [-0.2, -0.15) is 0 Å². The molecule has 1 fully saturated rings. The second kappa shape index (κ2) is 3.52. The molecule has 0 bridgehead atoms. The van der Waals surface area contributed by atoms with Crippen LogP contribution >= 0.6 is 12.2 Å². The third-order valence-electron chi connectivity index (χ3n) is 3.00. The van der Waals surface area contributed by atoms with E-state index < -0.39 is 0 Å². The van der Waals surface area contributed by atoms with Gasteiger partial charge in [-0.05, 0) is 36.5 Å². The summed E-state index contributed by atoms with van der Waals surface area (Å²) in [5.41, 5.74) is 8.75. The van der Waals surface area contributed by atoms with Gasteiger partial charge in [0.05, 0.1) is 5.52 Å². The number of thiocarbonyl (C=S) groups is 1. The Labute approximate surface area is 99.5 Å². The van der Waals surface area contributed by atoms with Gasteiger partial charge in [0.1, 0.15) is 10.7 Å². The zero-order valence-corrected chi connectivity index (χ0v) is 9.63. The Morgan fingerprint density at radius 2 is 2.06 bits per heavy atom. The lowest BCUT2D eigenvalue weighted by Gasteiger charge is -2.08. The van der Waals surface area contributed by atoms with Crippen molar-refractivity contribution in [2.45, 2.75) is 18.8 Å². The van der Waals surface area contributed by atoms with Crippen LogP contribution in [0.2, 0.25) is 0 Å². The highest BCUT2D eigenvalue weighted by atomic mass is 32.1. The summed E-state index contributed by atoms with van der Waals surface area (Å²) in [5.74, 6) is 0.619. The van der Waals surface area contributed by atoms with Crippen molar-refractivity contribution in [2.75, 3.05) is 0 Å². The fraction of sp³-hybridized carbons (Fsp3) is 0.231. The van der Waals surface area contributed by atoms with Crippen LogP contribution < -0.4 is 5.73 Å². The largest absolute Gasteiger partial charge is 0.388 e. The first-order valence-corrected chi connectivity index (χ1v) is 5.86. The molecule has 1 saturated carbocycles. The van der Waals surface area contributed by atoms with Crippen molar-refractivity contribution in [3.05, 3.63) is 41.6 Å². The fourth-order valence-corrected chi connectivity index (χ4v) is 2.20. The second-order valence-corrected chi connectivity index (χ2v) is 4.70. The van der Waals surface area contributed by atoms with E-state index in [9.17, 15) is 0 Å². The Kier molecular flexibility index (Phi) is 2.14. The standard InChI is InChI=1S/C13H12N2S/c14-13(16)12-10(8-5-6-8)7-9-3-1-2-4-11(9)15-12/h1-4,7-8H,5-6H2,(H2,14,16). The highest BCUT2D eigenvalue weighted by Crippen LogP contribution is 2.42. The number of benzene rings is 1. The van der Waals surface area contributed by atoms with Crippen LogP contribution in [0.1, 0.15) is 30.0 Å². The maximum Gasteiger partial charge on any atom is 0.123 e. The molecule has 0 spiro atoms. The van der Waals surface area contributed by atoms with Crippen molar-refractivity contribution >= 4 is 28.1 Å². The number of rotatable bonds is 2. The van der Waals surface area contributed by atoms with Crippen molar-refractivity contribution in [1.29, 1.82) is 0 Å². The van der Waals surface area contributed by atoms with Gasteiger partial charge >= 0.3 is 0 Å². The zero-order valence-electron chi connectivity index (χ0n) is 8.81. The Bertz CT molecular complexity index is 573. The average Bonchev–Trinajstić information content (AvgIpc) is 3.11. The molecule has 1 aromatic carbocycles. The van der Waals surface area contributed by atoms with Crippen molar-refractivity contribution in [1.82, 2.24) is 4.98 Å². The van der Waals surface area contributed by atoms with Crippen molar-refractivity contribution in [2.24, 2.45) is 5.73 Å². The van der Waals surface area contributed by atoms with Crippen molar-refractivity contribution < 1.29 is 0 Å². The smallest absolute Gasteiger partial charge is 0.123 e. The van der Waals surface area contributed by atoms with Gasteiger partial charge in [-0.3, -0.25) is 0 Å². The molecule has 3 heteroatoms. The van der Waals surface area contributed by atoms with Gasteiger partial charge in [-0.15, -0.1) is 0 Å². The minimum absolute atomic E-state index is 0.410. The highest BCUT2D eigenvalue weighted by Gasteiger charge is 2.27. The van der Waals surface area contributed by atoms with Gasteiger partial charge in [-0.1, -0.05) is 30.4 Å². The van der Waals surface area contributed by atoms with Crippen LogP contribution in [0, 0.1) is 0 Å². The molecule has 2 nitrogen and oxygen atoms in total. The topological polar surface area (TPSA) is 38.9 Å². The molecular formula is C13H12N2S. The van der Waals surface area contributed by atoms with Crippen LogP contribution in [-0.4, -0.2) is 9.97 Å². The first-order valence-electron chi connectivity index (χ1n) is 5.45. The Hall–Kier alpha value is -1.48. The summed E-state index contributed by atoms with van der Waals surface area (Å²) >= 11 is 5.07. The van der Waals surface area contributed by atoms with E-state index in [1.165, 1.54) is 23.8 Å². The maximum absolute atomic E-state index is 5.74. The van der Waals surface area contributed by atoms with E-state index in [1.807, 2.05) is 18.2 Å². The highest BCUT2D eigenvalue weighted by molar-refractivity contribution is 7.80. The molecule has 0 atom stereocenters. The van der Waals surface area contributed by atoms with Gasteiger partial charge in [0.2, 0.25) is 0 Å². The van der Waals surface area contributed by atoms with E-state index in [0.29, 0.717) is 10.9 Å². The van der Waals surface area contributed by atoms with Crippen LogP contribution in [0.3, 0.4) is 0 Å². The first kappa shape index (κ1) is 9.73. The van der Waals surface area contributed by atoms with Crippen LogP contribution in [0.25, 0.3) is 10.9 Å². The molecule has 0 radical (unpaired) electrons. The maximum atomic E-state index is 5.74. The Morgan fingerprint density at radius 3 is 2.75 bits per heavy atom. The van der Waals surface area contributed by atoms with Crippen LogP contribution in [0.4, 0.5) is 0 Å². The van der Waals surface area contributed by atoms with Gasteiger partial charge in [0.15, 0.2) is 0 Å². The molecular weight excluding hydrogens is 216 g/mol.